The lowest BCUT2D eigenvalue weighted by atomic mass is 10.1. The maximum atomic E-state index is 11.7. The van der Waals surface area contributed by atoms with Crippen LogP contribution in [0.3, 0.4) is 0 Å². The zero-order valence-corrected chi connectivity index (χ0v) is 14.4. The summed E-state index contributed by atoms with van der Waals surface area (Å²) in [5.74, 6) is -0.456. The van der Waals surface area contributed by atoms with Crippen molar-refractivity contribution in [2.45, 2.75) is 6.54 Å². The molecule has 1 atom stereocenters. The van der Waals surface area contributed by atoms with Gasteiger partial charge in [0.25, 0.3) is 0 Å². The van der Waals surface area contributed by atoms with E-state index in [2.05, 4.69) is 0 Å². The summed E-state index contributed by atoms with van der Waals surface area (Å²) < 4.78 is 29.5. The number of ether oxygens (including phenoxy) is 1. The summed E-state index contributed by atoms with van der Waals surface area (Å²) in [5, 5.41) is 1.99. The Morgan fingerprint density at radius 3 is 2.52 bits per heavy atom. The van der Waals surface area contributed by atoms with Crippen LogP contribution in [0.2, 0.25) is 0 Å². The van der Waals surface area contributed by atoms with Crippen molar-refractivity contribution < 1.29 is 18.3 Å². The lowest BCUT2D eigenvalue weighted by Crippen LogP contribution is -2.24. The van der Waals surface area contributed by atoms with Crippen molar-refractivity contribution in [1.82, 2.24) is 0 Å². The van der Waals surface area contributed by atoms with Crippen LogP contribution in [0, 0.1) is 0 Å². The van der Waals surface area contributed by atoms with Crippen LogP contribution in [0.4, 0.5) is 5.69 Å². The molecule has 0 N–H and O–H groups in total. The van der Waals surface area contributed by atoms with Gasteiger partial charge >= 0.3 is 5.97 Å². The van der Waals surface area contributed by atoms with Gasteiger partial charge < -0.3 is 9.29 Å². The number of methoxy groups -OCH3 is 1. The van der Waals surface area contributed by atoms with Crippen molar-refractivity contribution in [1.29, 1.82) is 0 Å². The molecule has 0 saturated carbocycles. The molecule has 0 aliphatic rings. The first kappa shape index (κ1) is 17.1. The van der Waals surface area contributed by atoms with E-state index in [9.17, 15) is 13.6 Å². The number of hydrogen-bond donors (Lipinski definition) is 0. The molecule has 0 saturated heterocycles. The number of anilines is 1. The van der Waals surface area contributed by atoms with Crippen LogP contribution in [0.15, 0.2) is 66.7 Å². The van der Waals surface area contributed by atoms with E-state index in [-0.39, 0.29) is 6.54 Å². The molecular weight excluding hydrogens is 338 g/mol. The number of hydrogen-bond acceptors (Lipinski definition) is 4. The maximum Gasteiger partial charge on any atom is 0.337 e. The fraction of sp³-hybridized carbons (Fsp3) is 0.105. The summed E-state index contributed by atoms with van der Waals surface area (Å²) >= 11 is -2.45. The second-order valence-electron chi connectivity index (χ2n) is 5.48. The van der Waals surface area contributed by atoms with Gasteiger partial charge in [0, 0.05) is 17.0 Å². The van der Waals surface area contributed by atoms with Crippen LogP contribution < -0.4 is 4.31 Å². The molecule has 128 valence electrons. The van der Waals surface area contributed by atoms with E-state index in [4.69, 9.17) is 4.74 Å². The van der Waals surface area contributed by atoms with Crippen molar-refractivity contribution in [2.75, 3.05) is 11.4 Å². The molecule has 6 heteroatoms. The first-order valence-corrected chi connectivity index (χ1v) is 8.64. The van der Waals surface area contributed by atoms with Gasteiger partial charge in [0.15, 0.2) is 0 Å². The second kappa shape index (κ2) is 7.46. The van der Waals surface area contributed by atoms with Crippen molar-refractivity contribution >= 4 is 33.7 Å². The third-order valence-corrected chi connectivity index (χ3v) is 4.58. The molecule has 0 heterocycles. The quantitative estimate of drug-likeness (QED) is 0.520. The third kappa shape index (κ3) is 3.87. The van der Waals surface area contributed by atoms with E-state index >= 15 is 0 Å². The summed E-state index contributed by atoms with van der Waals surface area (Å²) in [6.45, 7) is 0.124. The maximum absolute atomic E-state index is 11.7. The van der Waals surface area contributed by atoms with Crippen LogP contribution in [0.5, 0.6) is 0 Å². The van der Waals surface area contributed by atoms with Gasteiger partial charge in [-0.1, -0.05) is 42.5 Å². The van der Waals surface area contributed by atoms with Crippen molar-refractivity contribution in [2.24, 2.45) is 0 Å². The SMILES string of the molecule is COC(=O)c1cccc(CN(c2ccc3ccccc3c2)S(=O)[O-])c1. The molecule has 3 aromatic carbocycles. The molecule has 0 amide bonds. The Kier molecular flexibility index (Phi) is 5.11. The summed E-state index contributed by atoms with van der Waals surface area (Å²) in [5.41, 5.74) is 1.64. The average molecular weight is 354 g/mol. The Labute approximate surface area is 148 Å². The van der Waals surface area contributed by atoms with Gasteiger partial charge in [-0.15, -0.1) is 0 Å². The Balaban J connectivity index is 1.93. The van der Waals surface area contributed by atoms with Crippen molar-refractivity contribution in [3.63, 3.8) is 0 Å². The van der Waals surface area contributed by atoms with Crippen molar-refractivity contribution in [3.05, 3.63) is 77.9 Å². The lowest BCUT2D eigenvalue weighted by Gasteiger charge is -2.27. The molecule has 5 nitrogen and oxygen atoms in total. The zero-order valence-electron chi connectivity index (χ0n) is 13.5. The molecule has 0 aromatic heterocycles. The van der Waals surface area contributed by atoms with Crippen LogP contribution >= 0.6 is 0 Å². The van der Waals surface area contributed by atoms with E-state index in [0.717, 1.165) is 10.8 Å². The highest BCUT2D eigenvalue weighted by atomic mass is 32.2. The molecule has 3 aromatic rings. The minimum Gasteiger partial charge on any atom is -0.755 e. The first-order chi connectivity index (χ1) is 12.1. The molecule has 0 aliphatic carbocycles. The molecule has 0 fully saturated rings. The minimum atomic E-state index is -2.45. The van der Waals surface area contributed by atoms with Gasteiger partial charge in [-0.05, 0) is 40.6 Å². The van der Waals surface area contributed by atoms with Gasteiger partial charge in [-0.3, -0.25) is 8.51 Å². The molecule has 1 unspecified atom stereocenters. The number of rotatable bonds is 5. The number of esters is 1. The molecule has 0 bridgehead atoms. The zero-order chi connectivity index (χ0) is 17.8. The molecule has 0 aliphatic heterocycles. The highest BCUT2D eigenvalue weighted by Crippen LogP contribution is 2.24. The minimum absolute atomic E-state index is 0.124. The topological polar surface area (TPSA) is 69.7 Å². The number of carbonyl (C=O) groups excluding carboxylic acids is 1. The number of nitrogens with zero attached hydrogens (tertiary/aromatic N) is 1. The molecular formula is C19H16NO4S-. The fourth-order valence-electron chi connectivity index (χ4n) is 2.64. The summed E-state index contributed by atoms with van der Waals surface area (Å²) in [6, 6.07) is 20.0. The molecule has 3 rings (SSSR count). The van der Waals surface area contributed by atoms with Crippen LogP contribution in [0.1, 0.15) is 15.9 Å². The standard InChI is InChI=1S/C19H17NO4S/c1-24-19(21)17-8-4-5-14(11-17)13-20(25(22)23)18-10-9-15-6-2-3-7-16(15)12-18/h2-12H,13H2,1H3,(H,22,23)/p-1. The van der Waals surface area contributed by atoms with Gasteiger partial charge in [0.2, 0.25) is 0 Å². The molecule has 0 spiro atoms. The third-order valence-electron chi connectivity index (χ3n) is 3.88. The molecule has 0 radical (unpaired) electrons. The number of benzene rings is 3. The van der Waals surface area contributed by atoms with Gasteiger partial charge in [-0.25, -0.2) is 4.79 Å². The molecule has 25 heavy (non-hydrogen) atoms. The highest BCUT2D eigenvalue weighted by molar-refractivity contribution is 7.80. The average Bonchev–Trinajstić information content (AvgIpc) is 2.65. The Morgan fingerprint density at radius 1 is 1.04 bits per heavy atom. The summed E-state index contributed by atoms with van der Waals surface area (Å²) in [4.78, 5) is 11.6. The number of fused-ring (bicyclic) bond motifs is 1. The van der Waals surface area contributed by atoms with Crippen molar-refractivity contribution in [3.8, 4) is 0 Å². The summed E-state index contributed by atoms with van der Waals surface area (Å²) in [6.07, 6.45) is 0. The smallest absolute Gasteiger partial charge is 0.337 e. The highest BCUT2D eigenvalue weighted by Gasteiger charge is 2.11. The van der Waals surface area contributed by atoms with Gasteiger partial charge in [0.05, 0.1) is 19.2 Å². The Morgan fingerprint density at radius 2 is 1.80 bits per heavy atom. The Hall–Kier alpha value is -2.70. The fourth-order valence-corrected chi connectivity index (χ4v) is 3.18. The van der Waals surface area contributed by atoms with E-state index in [1.54, 1.807) is 30.3 Å². The van der Waals surface area contributed by atoms with Crippen LogP contribution in [0.25, 0.3) is 10.8 Å². The van der Waals surface area contributed by atoms with Gasteiger partial charge in [0.1, 0.15) is 0 Å². The van der Waals surface area contributed by atoms with E-state index < -0.39 is 17.2 Å². The lowest BCUT2D eigenvalue weighted by molar-refractivity contribution is 0.0600. The normalized spacial score (nSPS) is 11.9. The predicted molar refractivity (Wildman–Crippen MR) is 96.8 cm³/mol. The largest absolute Gasteiger partial charge is 0.755 e. The van der Waals surface area contributed by atoms with Gasteiger partial charge in [-0.2, -0.15) is 0 Å². The van der Waals surface area contributed by atoms with E-state index in [0.29, 0.717) is 16.8 Å². The van der Waals surface area contributed by atoms with Crippen LogP contribution in [-0.2, 0) is 22.5 Å². The summed E-state index contributed by atoms with van der Waals surface area (Å²) in [7, 11) is 1.31. The van der Waals surface area contributed by atoms with E-state index in [1.807, 2.05) is 36.4 Å². The number of carbonyl (C=O) groups is 1. The monoisotopic (exact) mass is 354 g/mol. The van der Waals surface area contributed by atoms with Crippen LogP contribution in [-0.4, -0.2) is 21.8 Å². The van der Waals surface area contributed by atoms with E-state index in [1.165, 1.54) is 11.4 Å². The second-order valence-corrected chi connectivity index (χ2v) is 6.35. The Bertz CT molecular complexity index is 941. The predicted octanol–water partition coefficient (Wildman–Crippen LogP) is 3.43. The first-order valence-electron chi connectivity index (χ1n) is 7.61.